The summed E-state index contributed by atoms with van der Waals surface area (Å²) >= 11 is 0. The van der Waals surface area contributed by atoms with Crippen molar-refractivity contribution in [1.82, 2.24) is 14.7 Å². The second-order valence-corrected chi connectivity index (χ2v) is 9.43. The Morgan fingerprint density at radius 2 is 1.79 bits per heavy atom. The molecule has 2 heterocycles. The first kappa shape index (κ1) is 22.8. The molecule has 1 aliphatic rings. The highest BCUT2D eigenvalue weighted by atomic mass is 19.1. The molecule has 0 bridgehead atoms. The van der Waals surface area contributed by atoms with Gasteiger partial charge in [-0.3, -0.25) is 0 Å². The van der Waals surface area contributed by atoms with Crippen LogP contribution in [-0.4, -0.2) is 32.9 Å². The van der Waals surface area contributed by atoms with Crippen LogP contribution in [0.1, 0.15) is 43.2 Å². The van der Waals surface area contributed by atoms with Crippen LogP contribution in [0.3, 0.4) is 0 Å². The summed E-state index contributed by atoms with van der Waals surface area (Å²) in [6.45, 7) is 9.89. The maximum atomic E-state index is 15.1. The van der Waals surface area contributed by atoms with Gasteiger partial charge in [0.15, 0.2) is 0 Å². The van der Waals surface area contributed by atoms with Gasteiger partial charge in [0.05, 0.1) is 29.3 Å². The summed E-state index contributed by atoms with van der Waals surface area (Å²) in [5, 5.41) is 4.80. The highest BCUT2D eigenvalue weighted by molar-refractivity contribution is 5.73. The maximum absolute atomic E-state index is 15.1. The fourth-order valence-corrected chi connectivity index (χ4v) is 4.18. The lowest BCUT2D eigenvalue weighted by Gasteiger charge is -2.30. The van der Waals surface area contributed by atoms with Gasteiger partial charge in [-0.2, -0.15) is 5.10 Å². The Hall–Kier alpha value is -3.42. The van der Waals surface area contributed by atoms with Crippen molar-refractivity contribution in [2.24, 2.45) is 0 Å². The number of nitrogens with zero attached hydrogens (tertiary/aromatic N) is 3. The SMILES string of the molecule is Cc1cccc(C)c1-n1nc2c(c1-c1cc(F)c(N)cc1F)CN(C(=O)OC(C)(C)C)CC2. The molecule has 2 N–H and O–H groups in total. The maximum Gasteiger partial charge on any atom is 0.410 e. The van der Waals surface area contributed by atoms with Crippen LogP contribution >= 0.6 is 0 Å². The molecule has 0 unspecified atom stereocenters. The molecule has 0 atom stereocenters. The van der Waals surface area contributed by atoms with Crippen LogP contribution in [0.4, 0.5) is 19.3 Å². The molecule has 2 aromatic carbocycles. The van der Waals surface area contributed by atoms with Crippen molar-refractivity contribution < 1.29 is 18.3 Å². The van der Waals surface area contributed by atoms with Crippen molar-refractivity contribution in [1.29, 1.82) is 0 Å². The number of nitrogen functional groups attached to an aromatic ring is 1. The topological polar surface area (TPSA) is 73.4 Å². The number of rotatable bonds is 2. The van der Waals surface area contributed by atoms with Gasteiger partial charge in [0.2, 0.25) is 0 Å². The number of fused-ring (bicyclic) bond motifs is 1. The normalized spacial score (nSPS) is 13.7. The van der Waals surface area contributed by atoms with Crippen molar-refractivity contribution >= 4 is 11.8 Å². The Bertz CT molecular complexity index is 1220. The zero-order chi connectivity index (χ0) is 24.1. The minimum Gasteiger partial charge on any atom is -0.444 e. The standard InChI is InChI=1S/C25H28F2N4O2/c1-14-7-6-8-15(2)22(14)31-23(16-11-19(27)20(28)12-18(16)26)17-13-30(10-9-21(17)29-31)24(32)33-25(3,4)5/h6-8,11-12H,9-10,13,28H2,1-5H3. The molecule has 33 heavy (non-hydrogen) atoms. The number of nitrogens with two attached hydrogens (primary N) is 1. The van der Waals surface area contributed by atoms with Crippen molar-refractivity contribution in [3.05, 3.63) is 64.4 Å². The summed E-state index contributed by atoms with van der Waals surface area (Å²) < 4.78 is 36.8. The lowest BCUT2D eigenvalue weighted by molar-refractivity contribution is 0.0224. The number of carbonyl (C=O) groups excluding carboxylic acids is 1. The fraction of sp³-hybridized carbons (Fsp3) is 0.360. The van der Waals surface area contributed by atoms with E-state index in [0.717, 1.165) is 34.6 Å². The highest BCUT2D eigenvalue weighted by Gasteiger charge is 2.32. The van der Waals surface area contributed by atoms with Crippen LogP contribution in [0.2, 0.25) is 0 Å². The Balaban J connectivity index is 1.92. The van der Waals surface area contributed by atoms with Crippen LogP contribution in [0.25, 0.3) is 16.9 Å². The van der Waals surface area contributed by atoms with Crippen molar-refractivity contribution in [2.75, 3.05) is 12.3 Å². The smallest absolute Gasteiger partial charge is 0.410 e. The zero-order valence-electron chi connectivity index (χ0n) is 19.5. The molecule has 174 valence electrons. The van der Waals surface area contributed by atoms with E-state index in [2.05, 4.69) is 0 Å². The second kappa shape index (κ2) is 8.17. The molecule has 6 nitrogen and oxygen atoms in total. The third-order valence-corrected chi connectivity index (χ3v) is 5.68. The Labute approximate surface area is 192 Å². The number of para-hydroxylation sites is 1. The molecule has 0 saturated carbocycles. The number of aryl methyl sites for hydroxylation is 2. The van der Waals surface area contributed by atoms with Gasteiger partial charge >= 0.3 is 6.09 Å². The number of anilines is 1. The van der Waals surface area contributed by atoms with Crippen molar-refractivity contribution in [3.8, 4) is 16.9 Å². The van der Waals surface area contributed by atoms with Crippen molar-refractivity contribution in [2.45, 2.75) is 53.2 Å². The van der Waals surface area contributed by atoms with Crippen LogP contribution in [0.5, 0.6) is 0 Å². The van der Waals surface area contributed by atoms with Crippen LogP contribution in [-0.2, 0) is 17.7 Å². The molecule has 0 aliphatic carbocycles. The van der Waals surface area contributed by atoms with Gasteiger partial charge in [0, 0.05) is 30.2 Å². The van der Waals surface area contributed by atoms with Crippen LogP contribution in [0, 0.1) is 25.5 Å². The molecule has 0 fully saturated rings. The van der Waals surface area contributed by atoms with E-state index >= 15 is 4.39 Å². The molecule has 4 rings (SSSR count). The largest absolute Gasteiger partial charge is 0.444 e. The number of amides is 1. The minimum atomic E-state index is -0.714. The van der Waals surface area contributed by atoms with Gasteiger partial charge in [-0.1, -0.05) is 18.2 Å². The molecule has 8 heteroatoms. The summed E-state index contributed by atoms with van der Waals surface area (Å²) in [5.74, 6) is -1.37. The van der Waals surface area contributed by atoms with Gasteiger partial charge in [0.25, 0.3) is 0 Å². The molecular weight excluding hydrogens is 426 g/mol. The Morgan fingerprint density at radius 3 is 2.42 bits per heavy atom. The summed E-state index contributed by atoms with van der Waals surface area (Å²) in [4.78, 5) is 14.3. The first-order valence-corrected chi connectivity index (χ1v) is 10.9. The highest BCUT2D eigenvalue weighted by Crippen LogP contribution is 2.37. The van der Waals surface area contributed by atoms with Crippen LogP contribution in [0.15, 0.2) is 30.3 Å². The number of hydrogen-bond donors (Lipinski definition) is 1. The quantitative estimate of drug-likeness (QED) is 0.533. The molecule has 1 aromatic heterocycles. The van der Waals surface area contributed by atoms with E-state index in [0.29, 0.717) is 24.2 Å². The minimum absolute atomic E-state index is 0.0455. The van der Waals surface area contributed by atoms with Gasteiger partial charge in [-0.25, -0.2) is 18.3 Å². The van der Waals surface area contributed by atoms with E-state index in [4.69, 9.17) is 15.6 Å². The molecule has 0 spiro atoms. The van der Waals surface area contributed by atoms with E-state index in [1.54, 1.807) is 30.4 Å². The van der Waals surface area contributed by atoms with Gasteiger partial charge in [0.1, 0.15) is 17.2 Å². The van der Waals surface area contributed by atoms with E-state index in [1.165, 1.54) is 0 Å². The molecular formula is C25H28F2N4O2. The third kappa shape index (κ3) is 4.29. The average molecular weight is 455 g/mol. The Morgan fingerprint density at radius 1 is 1.12 bits per heavy atom. The number of carbonyl (C=O) groups is 1. The van der Waals surface area contributed by atoms with Gasteiger partial charge < -0.3 is 15.4 Å². The fourth-order valence-electron chi connectivity index (χ4n) is 4.18. The molecule has 0 radical (unpaired) electrons. The number of benzene rings is 2. The van der Waals surface area contributed by atoms with Gasteiger partial charge in [-0.15, -0.1) is 0 Å². The number of aromatic nitrogens is 2. The lowest BCUT2D eigenvalue weighted by atomic mass is 9.99. The molecule has 3 aromatic rings. The second-order valence-electron chi connectivity index (χ2n) is 9.43. The predicted octanol–water partition coefficient (Wildman–Crippen LogP) is 5.31. The number of hydrogen-bond acceptors (Lipinski definition) is 4. The predicted molar refractivity (Wildman–Crippen MR) is 123 cm³/mol. The van der Waals surface area contributed by atoms with Gasteiger partial charge in [-0.05, 0) is 51.8 Å². The molecule has 1 amide bonds. The first-order chi connectivity index (χ1) is 15.5. The van der Waals surface area contributed by atoms with E-state index in [1.807, 2.05) is 32.0 Å². The lowest BCUT2D eigenvalue weighted by Crippen LogP contribution is -2.39. The Kier molecular flexibility index (Phi) is 5.64. The average Bonchev–Trinajstić information content (AvgIpc) is 3.07. The summed E-state index contributed by atoms with van der Waals surface area (Å²) in [5.41, 5.74) is 9.22. The molecule has 0 saturated heterocycles. The number of halogens is 2. The van der Waals surface area contributed by atoms with E-state index < -0.39 is 23.3 Å². The van der Waals surface area contributed by atoms with Crippen LogP contribution < -0.4 is 5.73 Å². The monoisotopic (exact) mass is 454 g/mol. The summed E-state index contributed by atoms with van der Waals surface area (Å²) in [7, 11) is 0. The third-order valence-electron chi connectivity index (χ3n) is 5.68. The van der Waals surface area contributed by atoms with Crippen molar-refractivity contribution in [3.63, 3.8) is 0 Å². The van der Waals surface area contributed by atoms with E-state index in [9.17, 15) is 9.18 Å². The first-order valence-electron chi connectivity index (χ1n) is 10.9. The van der Waals surface area contributed by atoms with E-state index in [-0.39, 0.29) is 17.8 Å². The number of ether oxygens (including phenoxy) is 1. The summed E-state index contributed by atoms with van der Waals surface area (Å²) in [6.07, 6.45) is 0.0151. The summed E-state index contributed by atoms with van der Waals surface area (Å²) in [6, 6.07) is 7.90. The molecule has 1 aliphatic heterocycles. The zero-order valence-corrected chi connectivity index (χ0v) is 19.5.